The molecule has 0 aliphatic carbocycles. The minimum Gasteiger partial charge on any atom is -0.479 e. The fourth-order valence-corrected chi connectivity index (χ4v) is 1.45. The molecular weight excluding hydrogens is 236 g/mol. The van der Waals surface area contributed by atoms with Gasteiger partial charge in [0.1, 0.15) is 0 Å². The number of carbonyl (C=O) groups excluding carboxylic acids is 1. The van der Waals surface area contributed by atoms with Crippen molar-refractivity contribution in [2.45, 2.75) is 20.0 Å². The zero-order valence-electron chi connectivity index (χ0n) is 10.2. The van der Waals surface area contributed by atoms with Crippen LogP contribution in [-0.4, -0.2) is 34.9 Å². The lowest BCUT2D eigenvalue weighted by Gasteiger charge is -2.13. The van der Waals surface area contributed by atoms with Gasteiger partial charge in [-0.3, -0.25) is 0 Å². The third kappa shape index (κ3) is 3.74. The van der Waals surface area contributed by atoms with Gasteiger partial charge in [-0.1, -0.05) is 18.2 Å². The minimum absolute atomic E-state index is 0.341. The molecule has 6 heteroatoms. The number of aryl methyl sites for hydroxylation is 2. The second-order valence-corrected chi connectivity index (χ2v) is 3.96. The summed E-state index contributed by atoms with van der Waals surface area (Å²) in [5, 5.41) is 22.4. The first-order valence-electron chi connectivity index (χ1n) is 5.43. The molecule has 0 bridgehead atoms. The molecular formula is C12H16N2O4. The van der Waals surface area contributed by atoms with Gasteiger partial charge in [0.25, 0.3) is 0 Å². The number of benzene rings is 1. The monoisotopic (exact) mass is 252 g/mol. The lowest BCUT2D eigenvalue weighted by Crippen LogP contribution is -2.38. The van der Waals surface area contributed by atoms with Crippen LogP contribution in [0.15, 0.2) is 18.2 Å². The van der Waals surface area contributed by atoms with Crippen LogP contribution in [0.3, 0.4) is 0 Å². The number of hydrogen-bond acceptors (Lipinski definition) is 3. The van der Waals surface area contributed by atoms with Gasteiger partial charge in [-0.05, 0) is 25.0 Å². The Kier molecular flexibility index (Phi) is 4.67. The van der Waals surface area contributed by atoms with Gasteiger partial charge in [-0.2, -0.15) is 0 Å². The van der Waals surface area contributed by atoms with Crippen molar-refractivity contribution < 1.29 is 19.8 Å². The molecule has 18 heavy (non-hydrogen) atoms. The smallest absolute Gasteiger partial charge is 0.334 e. The largest absolute Gasteiger partial charge is 0.479 e. The average molecular weight is 252 g/mol. The second-order valence-electron chi connectivity index (χ2n) is 3.96. The third-order valence-electron chi connectivity index (χ3n) is 2.46. The van der Waals surface area contributed by atoms with E-state index >= 15 is 0 Å². The first-order chi connectivity index (χ1) is 8.41. The highest BCUT2D eigenvalue weighted by Gasteiger charge is 2.14. The van der Waals surface area contributed by atoms with Crippen molar-refractivity contribution in [3.05, 3.63) is 29.3 Å². The van der Waals surface area contributed by atoms with Gasteiger partial charge in [-0.15, -0.1) is 0 Å². The average Bonchev–Trinajstić information content (AvgIpc) is 2.30. The standard InChI is InChI=1S/C12H16N2O4/c1-7-4-3-5-8(2)10(7)14-12(18)13-6-9(15)11(16)17/h3-5,9,15H,6H2,1-2H3,(H,16,17)(H2,13,14,18)/t9-/m0/s1. The van der Waals surface area contributed by atoms with E-state index < -0.39 is 18.1 Å². The number of carbonyl (C=O) groups is 2. The van der Waals surface area contributed by atoms with Gasteiger partial charge in [0.2, 0.25) is 0 Å². The molecule has 1 rings (SSSR count). The summed E-state index contributed by atoms with van der Waals surface area (Å²) in [5.74, 6) is -1.37. The molecule has 0 unspecified atom stereocenters. The highest BCUT2D eigenvalue weighted by molar-refractivity contribution is 5.91. The van der Waals surface area contributed by atoms with Crippen LogP contribution in [0.25, 0.3) is 0 Å². The zero-order valence-corrected chi connectivity index (χ0v) is 10.2. The number of nitrogens with one attached hydrogen (secondary N) is 2. The summed E-state index contributed by atoms with van der Waals surface area (Å²) in [6, 6.07) is 5.04. The molecule has 0 radical (unpaired) electrons. The van der Waals surface area contributed by atoms with Crippen LogP contribution >= 0.6 is 0 Å². The lowest BCUT2D eigenvalue weighted by atomic mass is 10.1. The number of carboxylic acids is 1. The molecule has 0 spiro atoms. The van der Waals surface area contributed by atoms with Gasteiger partial charge < -0.3 is 20.8 Å². The van der Waals surface area contributed by atoms with Crippen molar-refractivity contribution >= 4 is 17.7 Å². The molecule has 0 aromatic heterocycles. The Balaban J connectivity index is 2.58. The van der Waals surface area contributed by atoms with E-state index in [9.17, 15) is 9.59 Å². The van der Waals surface area contributed by atoms with Crippen molar-refractivity contribution in [3.8, 4) is 0 Å². The second kappa shape index (κ2) is 6.02. The van der Waals surface area contributed by atoms with E-state index in [1.807, 2.05) is 32.0 Å². The highest BCUT2D eigenvalue weighted by Crippen LogP contribution is 2.18. The quantitative estimate of drug-likeness (QED) is 0.639. The summed E-state index contributed by atoms with van der Waals surface area (Å²) in [6.45, 7) is 3.37. The SMILES string of the molecule is Cc1cccc(C)c1NC(=O)NC[C@H](O)C(=O)O. The fraction of sp³-hybridized carbons (Fsp3) is 0.333. The van der Waals surface area contributed by atoms with Crippen LogP contribution in [0.4, 0.5) is 10.5 Å². The maximum Gasteiger partial charge on any atom is 0.334 e. The van der Waals surface area contributed by atoms with Crippen LogP contribution in [0, 0.1) is 13.8 Å². The van der Waals surface area contributed by atoms with E-state index in [2.05, 4.69) is 10.6 Å². The Morgan fingerprint density at radius 2 is 1.83 bits per heavy atom. The molecule has 1 atom stereocenters. The molecule has 98 valence electrons. The Morgan fingerprint density at radius 3 is 2.33 bits per heavy atom. The number of hydrogen-bond donors (Lipinski definition) is 4. The summed E-state index contributed by atoms with van der Waals surface area (Å²) in [4.78, 5) is 21.9. The van der Waals surface area contributed by atoms with E-state index in [0.717, 1.165) is 11.1 Å². The zero-order chi connectivity index (χ0) is 13.7. The van der Waals surface area contributed by atoms with E-state index in [1.54, 1.807) is 0 Å². The summed E-state index contributed by atoms with van der Waals surface area (Å²) in [7, 11) is 0. The first-order valence-corrected chi connectivity index (χ1v) is 5.43. The summed E-state index contributed by atoms with van der Waals surface area (Å²) < 4.78 is 0. The maximum atomic E-state index is 11.5. The summed E-state index contributed by atoms with van der Waals surface area (Å²) in [5.41, 5.74) is 2.49. The van der Waals surface area contributed by atoms with Gasteiger partial charge in [0.15, 0.2) is 6.10 Å². The Morgan fingerprint density at radius 1 is 1.28 bits per heavy atom. The first kappa shape index (κ1) is 14.0. The van der Waals surface area contributed by atoms with Crippen molar-refractivity contribution in [2.75, 3.05) is 11.9 Å². The van der Waals surface area contributed by atoms with Crippen LogP contribution in [0.2, 0.25) is 0 Å². The fourth-order valence-electron chi connectivity index (χ4n) is 1.45. The molecule has 1 aromatic rings. The van der Waals surface area contributed by atoms with Gasteiger partial charge in [0.05, 0.1) is 6.54 Å². The molecule has 6 nitrogen and oxygen atoms in total. The van der Waals surface area contributed by atoms with E-state index in [1.165, 1.54) is 0 Å². The van der Waals surface area contributed by atoms with E-state index in [0.29, 0.717) is 5.69 Å². The number of para-hydroxylation sites is 1. The number of aliphatic hydroxyl groups excluding tert-OH is 1. The molecule has 0 fully saturated rings. The molecule has 0 aliphatic rings. The lowest BCUT2D eigenvalue weighted by molar-refractivity contribution is -0.146. The summed E-state index contributed by atoms with van der Waals surface area (Å²) >= 11 is 0. The molecule has 2 amide bonds. The Hall–Kier alpha value is -2.08. The van der Waals surface area contributed by atoms with E-state index in [-0.39, 0.29) is 6.54 Å². The third-order valence-corrected chi connectivity index (χ3v) is 2.46. The highest BCUT2D eigenvalue weighted by atomic mass is 16.4. The maximum absolute atomic E-state index is 11.5. The number of aliphatic carboxylic acids is 1. The van der Waals surface area contributed by atoms with E-state index in [4.69, 9.17) is 10.2 Å². The van der Waals surface area contributed by atoms with Gasteiger partial charge in [0, 0.05) is 5.69 Å². The minimum atomic E-state index is -1.60. The number of aliphatic hydroxyl groups is 1. The molecule has 0 heterocycles. The molecule has 0 saturated heterocycles. The van der Waals surface area contributed by atoms with Crippen LogP contribution < -0.4 is 10.6 Å². The molecule has 4 N–H and O–H groups in total. The molecule has 1 aromatic carbocycles. The van der Waals surface area contributed by atoms with Gasteiger partial charge in [-0.25, -0.2) is 9.59 Å². The predicted octanol–water partition coefficient (Wildman–Crippen LogP) is 0.870. The van der Waals surface area contributed by atoms with Crippen LogP contribution in [0.5, 0.6) is 0 Å². The Bertz CT molecular complexity index is 439. The summed E-state index contributed by atoms with van der Waals surface area (Å²) in [6.07, 6.45) is -1.60. The molecule has 0 saturated carbocycles. The van der Waals surface area contributed by atoms with Crippen molar-refractivity contribution in [2.24, 2.45) is 0 Å². The van der Waals surface area contributed by atoms with Crippen LogP contribution in [-0.2, 0) is 4.79 Å². The number of urea groups is 1. The number of carboxylic acid groups (broad SMARTS) is 1. The van der Waals surface area contributed by atoms with Crippen molar-refractivity contribution in [3.63, 3.8) is 0 Å². The van der Waals surface area contributed by atoms with Crippen molar-refractivity contribution in [1.82, 2.24) is 5.32 Å². The topological polar surface area (TPSA) is 98.7 Å². The number of anilines is 1. The predicted molar refractivity (Wildman–Crippen MR) is 66.6 cm³/mol. The van der Waals surface area contributed by atoms with Crippen molar-refractivity contribution in [1.29, 1.82) is 0 Å². The molecule has 0 aliphatic heterocycles. The van der Waals surface area contributed by atoms with Crippen LogP contribution in [0.1, 0.15) is 11.1 Å². The number of amides is 2. The number of rotatable bonds is 4. The van der Waals surface area contributed by atoms with Gasteiger partial charge >= 0.3 is 12.0 Å². The Labute approximate surface area is 105 Å². The normalized spacial score (nSPS) is 11.7.